The summed E-state index contributed by atoms with van der Waals surface area (Å²) < 4.78 is 11.1. The summed E-state index contributed by atoms with van der Waals surface area (Å²) in [5.41, 5.74) is 0.939. The summed E-state index contributed by atoms with van der Waals surface area (Å²) in [7, 11) is 0. The van der Waals surface area contributed by atoms with Crippen molar-refractivity contribution in [1.82, 2.24) is 0 Å². The number of hydrogen-bond donors (Lipinski definition) is 0. The molecule has 1 aromatic carbocycles. The van der Waals surface area contributed by atoms with Crippen LogP contribution in [0.15, 0.2) is 28.7 Å². The second-order valence-corrected chi connectivity index (χ2v) is 3.11. The van der Waals surface area contributed by atoms with Gasteiger partial charge in [-0.3, -0.25) is 0 Å². The van der Waals surface area contributed by atoms with Crippen molar-refractivity contribution in [2.75, 3.05) is 0 Å². The zero-order chi connectivity index (χ0) is 7.40. The Labute approximate surface area is 71.3 Å². The summed E-state index contributed by atoms with van der Waals surface area (Å²) in [6.45, 7) is 0. The molecular formula is C7H5BrOS. The van der Waals surface area contributed by atoms with Gasteiger partial charge in [0, 0.05) is 9.84 Å². The molecule has 0 heterocycles. The maximum absolute atomic E-state index is 10.1. The molecule has 0 amide bonds. The van der Waals surface area contributed by atoms with Gasteiger partial charge in [-0.05, 0) is 17.7 Å². The fourth-order valence-electron chi connectivity index (χ4n) is 0.635. The first-order valence-electron chi connectivity index (χ1n) is 2.70. The molecule has 3 heteroatoms. The second-order valence-electron chi connectivity index (χ2n) is 1.77. The third-order valence-corrected chi connectivity index (χ3v) is 1.89. The molecule has 0 bridgehead atoms. The van der Waals surface area contributed by atoms with Gasteiger partial charge in [-0.2, -0.15) is 0 Å². The van der Waals surface area contributed by atoms with Crippen molar-refractivity contribution in [3.05, 3.63) is 34.3 Å². The average molecular weight is 217 g/mol. The molecule has 52 valence electrons. The molecule has 0 aliphatic rings. The minimum Gasteiger partial charge on any atom is -0.212 e. The molecule has 1 nitrogen and oxygen atoms in total. The predicted molar refractivity (Wildman–Crippen MR) is 47.5 cm³/mol. The molecule has 0 aliphatic heterocycles. The van der Waals surface area contributed by atoms with Crippen molar-refractivity contribution in [2.45, 2.75) is 0 Å². The molecule has 0 aliphatic carbocycles. The smallest absolute Gasteiger partial charge is 0.0891 e. The molecule has 0 fully saturated rings. The van der Waals surface area contributed by atoms with Gasteiger partial charge in [0.25, 0.3) is 0 Å². The lowest BCUT2D eigenvalue weighted by Crippen LogP contribution is -1.77. The van der Waals surface area contributed by atoms with E-state index in [0.29, 0.717) is 11.3 Å². The summed E-state index contributed by atoms with van der Waals surface area (Å²) >= 11 is 3.77. The van der Waals surface area contributed by atoms with Crippen LogP contribution in [0.3, 0.4) is 0 Å². The van der Waals surface area contributed by atoms with Gasteiger partial charge in [0.05, 0.1) is 11.3 Å². The first kappa shape index (κ1) is 7.69. The van der Waals surface area contributed by atoms with Crippen LogP contribution in [0, 0.1) is 0 Å². The molecular weight excluding hydrogens is 212 g/mol. The molecule has 0 saturated heterocycles. The van der Waals surface area contributed by atoms with Crippen LogP contribution in [0.5, 0.6) is 0 Å². The molecule has 1 rings (SSSR count). The van der Waals surface area contributed by atoms with Crippen LogP contribution in [0.25, 0.3) is 0 Å². The van der Waals surface area contributed by atoms with E-state index in [0.717, 1.165) is 10.0 Å². The molecule has 0 atom stereocenters. The molecule has 10 heavy (non-hydrogen) atoms. The van der Waals surface area contributed by atoms with Crippen molar-refractivity contribution < 1.29 is 4.21 Å². The van der Waals surface area contributed by atoms with E-state index in [9.17, 15) is 4.21 Å². The minimum atomic E-state index is 0.468. The number of hydrogen-bond acceptors (Lipinski definition) is 1. The third-order valence-electron chi connectivity index (χ3n) is 1.03. The lowest BCUT2D eigenvalue weighted by atomic mass is 10.2. The fourth-order valence-corrected chi connectivity index (χ4v) is 1.31. The van der Waals surface area contributed by atoms with Gasteiger partial charge in [-0.1, -0.05) is 28.1 Å². The highest BCUT2D eigenvalue weighted by atomic mass is 79.9. The summed E-state index contributed by atoms with van der Waals surface area (Å²) in [5, 5.41) is 1.56. The van der Waals surface area contributed by atoms with Crippen LogP contribution in [-0.4, -0.2) is 9.58 Å². The largest absolute Gasteiger partial charge is 0.212 e. The van der Waals surface area contributed by atoms with Crippen LogP contribution in [0.4, 0.5) is 0 Å². The Bertz CT molecular complexity index is 279. The molecule has 0 spiro atoms. The minimum absolute atomic E-state index is 0.468. The van der Waals surface area contributed by atoms with Crippen LogP contribution >= 0.6 is 15.9 Å². The molecule has 0 radical (unpaired) electrons. The second kappa shape index (κ2) is 3.68. The highest BCUT2D eigenvalue weighted by molar-refractivity contribution is 9.10. The molecule has 1 aromatic rings. The molecule has 0 unspecified atom stereocenters. The summed E-state index contributed by atoms with van der Waals surface area (Å²) in [6, 6.07) is 7.60. The van der Waals surface area contributed by atoms with Gasteiger partial charge >= 0.3 is 0 Å². The van der Waals surface area contributed by atoms with E-state index in [4.69, 9.17) is 0 Å². The standard InChI is InChI=1S/C7H5BrOS/c8-7-3-1-2-6(4-7)5-10-9/h1-5H. The topological polar surface area (TPSA) is 17.1 Å². The van der Waals surface area contributed by atoms with Crippen LogP contribution in [0.2, 0.25) is 0 Å². The first-order valence-corrected chi connectivity index (χ1v) is 4.30. The lowest BCUT2D eigenvalue weighted by molar-refractivity contribution is 0.701. The average Bonchev–Trinajstić information content (AvgIpc) is 1.88. The summed E-state index contributed by atoms with van der Waals surface area (Å²) in [5.74, 6) is 0. The molecule has 0 aromatic heterocycles. The van der Waals surface area contributed by atoms with E-state index in [1.807, 2.05) is 24.3 Å². The third kappa shape index (κ3) is 2.08. The van der Waals surface area contributed by atoms with Gasteiger partial charge in [-0.25, -0.2) is 4.21 Å². The van der Waals surface area contributed by atoms with Gasteiger partial charge < -0.3 is 0 Å². The van der Waals surface area contributed by atoms with E-state index in [1.165, 1.54) is 0 Å². The van der Waals surface area contributed by atoms with E-state index < -0.39 is 0 Å². The Morgan fingerprint density at radius 1 is 1.50 bits per heavy atom. The Kier molecular flexibility index (Phi) is 2.83. The van der Waals surface area contributed by atoms with Crippen molar-refractivity contribution in [1.29, 1.82) is 0 Å². The Balaban J connectivity index is 3.06. The van der Waals surface area contributed by atoms with Gasteiger partial charge in [-0.15, -0.1) is 0 Å². The van der Waals surface area contributed by atoms with Gasteiger partial charge in [0.1, 0.15) is 0 Å². The maximum atomic E-state index is 10.1. The van der Waals surface area contributed by atoms with Crippen LogP contribution in [0.1, 0.15) is 5.56 Å². The van der Waals surface area contributed by atoms with E-state index in [-0.39, 0.29) is 0 Å². The highest BCUT2D eigenvalue weighted by Crippen LogP contribution is 2.09. The number of rotatable bonds is 1. The van der Waals surface area contributed by atoms with Crippen molar-refractivity contribution >= 4 is 32.6 Å². The summed E-state index contributed by atoms with van der Waals surface area (Å²) in [6.07, 6.45) is 0. The highest BCUT2D eigenvalue weighted by Gasteiger charge is 1.86. The zero-order valence-electron chi connectivity index (χ0n) is 5.08. The van der Waals surface area contributed by atoms with Crippen LogP contribution < -0.4 is 0 Å². The predicted octanol–water partition coefficient (Wildman–Crippen LogP) is 1.81. The molecule has 0 N–H and O–H groups in total. The monoisotopic (exact) mass is 216 g/mol. The van der Waals surface area contributed by atoms with Gasteiger partial charge in [0.2, 0.25) is 0 Å². The first-order chi connectivity index (χ1) is 4.83. The van der Waals surface area contributed by atoms with Crippen molar-refractivity contribution in [2.24, 2.45) is 0 Å². The fraction of sp³-hybridized carbons (Fsp3) is 0. The van der Waals surface area contributed by atoms with E-state index >= 15 is 0 Å². The maximum Gasteiger partial charge on any atom is 0.0891 e. The SMILES string of the molecule is O=S=Cc1cccc(Br)c1. The Morgan fingerprint density at radius 3 is 2.90 bits per heavy atom. The van der Waals surface area contributed by atoms with Gasteiger partial charge in [0.15, 0.2) is 0 Å². The quantitative estimate of drug-likeness (QED) is 0.655. The zero-order valence-corrected chi connectivity index (χ0v) is 7.48. The number of halogens is 1. The lowest BCUT2D eigenvalue weighted by Gasteiger charge is -1.89. The van der Waals surface area contributed by atoms with E-state index in [1.54, 1.807) is 5.37 Å². The van der Waals surface area contributed by atoms with Crippen molar-refractivity contribution in [3.63, 3.8) is 0 Å². The summed E-state index contributed by atoms with van der Waals surface area (Å²) in [4.78, 5) is 0. The Morgan fingerprint density at radius 2 is 2.30 bits per heavy atom. The normalized spacial score (nSPS) is 8.90. The van der Waals surface area contributed by atoms with E-state index in [2.05, 4.69) is 15.9 Å². The van der Waals surface area contributed by atoms with Crippen molar-refractivity contribution in [3.8, 4) is 0 Å². The number of benzene rings is 1. The Hall–Kier alpha value is -0.410. The van der Waals surface area contributed by atoms with Crippen LogP contribution in [-0.2, 0) is 11.3 Å². The molecule has 0 saturated carbocycles.